The number of quaternary nitrogens is 1. The van der Waals surface area contributed by atoms with Crippen LogP contribution in [0.15, 0.2) is 146 Å². The van der Waals surface area contributed by atoms with Crippen LogP contribution in [0.5, 0.6) is 0 Å². The van der Waals surface area contributed by atoms with E-state index in [9.17, 15) is 19.0 Å². The Bertz CT molecular complexity index is 2210. The van der Waals surface area contributed by atoms with Crippen LogP contribution in [0.1, 0.15) is 361 Å². The van der Waals surface area contributed by atoms with Crippen molar-refractivity contribution >= 4 is 19.8 Å². The summed E-state index contributed by atoms with van der Waals surface area (Å²) in [5.74, 6) is -0.790. The lowest BCUT2D eigenvalue weighted by molar-refractivity contribution is -0.870. The van der Waals surface area contributed by atoms with Gasteiger partial charge in [-0.25, -0.2) is 4.57 Å². The third kappa shape index (κ3) is 82.8. The predicted molar refractivity (Wildman–Crippen MR) is 436 cm³/mol. The Balaban J connectivity index is 3.95. The fourth-order valence-corrected chi connectivity index (χ4v) is 12.4. The summed E-state index contributed by atoms with van der Waals surface area (Å²) in [7, 11) is 1.48. The zero-order valence-electron chi connectivity index (χ0n) is 65.6. The molecule has 0 heterocycles. The third-order valence-electron chi connectivity index (χ3n) is 17.9. The molecule has 0 fully saturated rings. The average Bonchev–Trinajstić information content (AvgIpc) is 1.02. The fraction of sp³-hybridized carbons (Fsp3) is 0.711. The number of hydrogen-bond donors (Lipinski definition) is 1. The zero-order chi connectivity index (χ0) is 72.5. The Labute approximate surface area is 618 Å². The molecule has 2 atom stereocenters. The minimum absolute atomic E-state index is 0.0279. The molecule has 0 saturated heterocycles. The molecular formula is C90H157NO8P+. The van der Waals surface area contributed by atoms with E-state index in [1.807, 2.05) is 21.1 Å². The second-order valence-electron chi connectivity index (χ2n) is 28.7. The lowest BCUT2D eigenvalue weighted by Crippen LogP contribution is -2.37. The summed E-state index contributed by atoms with van der Waals surface area (Å²) >= 11 is 0. The van der Waals surface area contributed by atoms with Crippen molar-refractivity contribution < 1.29 is 42.1 Å². The molecular weight excluding hydrogens is 1250 g/mol. The fourth-order valence-electron chi connectivity index (χ4n) is 11.6. The summed E-state index contributed by atoms with van der Waals surface area (Å²) in [5, 5.41) is 0. The third-order valence-corrected chi connectivity index (χ3v) is 18.8. The van der Waals surface area contributed by atoms with Gasteiger partial charge in [-0.15, -0.1) is 0 Å². The first-order valence-electron chi connectivity index (χ1n) is 41.6. The molecule has 0 amide bonds. The topological polar surface area (TPSA) is 108 Å². The minimum atomic E-state index is -4.40. The second kappa shape index (κ2) is 79.0. The van der Waals surface area contributed by atoms with Gasteiger partial charge < -0.3 is 18.9 Å². The first-order valence-corrected chi connectivity index (χ1v) is 43.1. The summed E-state index contributed by atoms with van der Waals surface area (Å²) in [5.41, 5.74) is 0. The molecule has 0 rings (SSSR count). The summed E-state index contributed by atoms with van der Waals surface area (Å²) < 4.78 is 34.9. The van der Waals surface area contributed by atoms with Gasteiger partial charge in [0.25, 0.3) is 0 Å². The van der Waals surface area contributed by atoms with E-state index in [4.69, 9.17) is 18.5 Å². The Kier molecular flexibility index (Phi) is 75.8. The van der Waals surface area contributed by atoms with Gasteiger partial charge in [0.15, 0.2) is 6.10 Å². The van der Waals surface area contributed by atoms with Crippen molar-refractivity contribution in [2.45, 2.75) is 367 Å². The van der Waals surface area contributed by atoms with Crippen LogP contribution < -0.4 is 0 Å². The number of carbonyl (C=O) groups excluding carboxylic acids is 2. The number of esters is 2. The molecule has 574 valence electrons. The predicted octanol–water partition coefficient (Wildman–Crippen LogP) is 28.1. The molecule has 0 aliphatic carbocycles. The van der Waals surface area contributed by atoms with Crippen molar-refractivity contribution in [3.05, 3.63) is 146 Å². The van der Waals surface area contributed by atoms with Crippen molar-refractivity contribution in [3.63, 3.8) is 0 Å². The maximum atomic E-state index is 12.9. The van der Waals surface area contributed by atoms with E-state index in [0.717, 1.165) is 116 Å². The molecule has 0 saturated carbocycles. The molecule has 0 spiro atoms. The number of rotatable bonds is 76. The van der Waals surface area contributed by atoms with Crippen LogP contribution in [-0.4, -0.2) is 74.9 Å². The number of nitrogens with zero attached hydrogens (tertiary/aromatic N) is 1. The molecule has 9 nitrogen and oxygen atoms in total. The molecule has 0 aromatic rings. The van der Waals surface area contributed by atoms with Crippen molar-refractivity contribution in [1.82, 2.24) is 0 Å². The highest BCUT2D eigenvalue weighted by atomic mass is 31.2. The van der Waals surface area contributed by atoms with Gasteiger partial charge in [-0.2, -0.15) is 0 Å². The van der Waals surface area contributed by atoms with E-state index in [0.29, 0.717) is 17.4 Å². The van der Waals surface area contributed by atoms with Crippen LogP contribution >= 0.6 is 7.82 Å². The number of phosphoric ester groups is 1. The molecule has 2 unspecified atom stereocenters. The van der Waals surface area contributed by atoms with Gasteiger partial charge in [0.1, 0.15) is 19.8 Å². The molecule has 0 aliphatic rings. The van der Waals surface area contributed by atoms with Crippen molar-refractivity contribution in [3.8, 4) is 0 Å². The largest absolute Gasteiger partial charge is 0.472 e. The van der Waals surface area contributed by atoms with E-state index < -0.39 is 26.5 Å². The molecule has 1 N–H and O–H groups in total. The molecule has 0 aromatic heterocycles. The van der Waals surface area contributed by atoms with Crippen LogP contribution in [0.3, 0.4) is 0 Å². The first kappa shape index (κ1) is 95.9. The number of likely N-dealkylation sites (N-methyl/N-ethyl adjacent to an activating group) is 1. The Morgan fingerprint density at radius 1 is 0.310 bits per heavy atom. The van der Waals surface area contributed by atoms with Crippen molar-refractivity contribution in [1.29, 1.82) is 0 Å². The quantitative estimate of drug-likeness (QED) is 0.0211. The molecule has 100 heavy (non-hydrogen) atoms. The number of ether oxygens (including phenoxy) is 2. The van der Waals surface area contributed by atoms with Crippen molar-refractivity contribution in [2.24, 2.45) is 0 Å². The summed E-state index contributed by atoms with van der Waals surface area (Å²) in [6, 6.07) is 0. The lowest BCUT2D eigenvalue weighted by Gasteiger charge is -2.24. The van der Waals surface area contributed by atoms with E-state index >= 15 is 0 Å². The van der Waals surface area contributed by atoms with Gasteiger partial charge in [0, 0.05) is 12.8 Å². The van der Waals surface area contributed by atoms with Crippen LogP contribution in [0.2, 0.25) is 0 Å². The molecule has 0 bridgehead atoms. The van der Waals surface area contributed by atoms with Crippen LogP contribution in [0.4, 0.5) is 0 Å². The monoisotopic (exact) mass is 1410 g/mol. The van der Waals surface area contributed by atoms with Gasteiger partial charge in [0.05, 0.1) is 27.7 Å². The highest BCUT2D eigenvalue weighted by Gasteiger charge is 2.27. The lowest BCUT2D eigenvalue weighted by atomic mass is 10.0. The van der Waals surface area contributed by atoms with E-state index in [1.54, 1.807) is 0 Å². The smallest absolute Gasteiger partial charge is 0.462 e. The van der Waals surface area contributed by atoms with Crippen LogP contribution in [0, 0.1) is 0 Å². The molecule has 0 aliphatic heterocycles. The first-order chi connectivity index (χ1) is 49.0. The van der Waals surface area contributed by atoms with E-state index in [1.165, 1.54) is 212 Å². The number of hydrogen-bond acceptors (Lipinski definition) is 7. The molecule has 0 radical (unpaired) electrons. The van der Waals surface area contributed by atoms with E-state index in [-0.39, 0.29) is 32.0 Å². The van der Waals surface area contributed by atoms with Crippen LogP contribution in [-0.2, 0) is 32.7 Å². The van der Waals surface area contributed by atoms with Gasteiger partial charge in [-0.3, -0.25) is 18.6 Å². The number of unbranched alkanes of at least 4 members (excludes halogenated alkanes) is 38. The minimum Gasteiger partial charge on any atom is -0.462 e. The maximum Gasteiger partial charge on any atom is 0.472 e. The Morgan fingerprint density at radius 3 is 0.800 bits per heavy atom. The highest BCUT2D eigenvalue weighted by Crippen LogP contribution is 2.43. The standard InChI is InChI=1S/C90H156NO8P/c1-6-8-10-12-14-16-18-20-22-24-26-28-30-32-34-36-38-40-42-44-45-47-48-50-52-54-56-58-60-62-64-66-68-70-72-74-76-78-80-82-89(92)96-86-88(87-98-100(94,95)97-85-84-91(3,4)5)99-90(93)83-81-79-77-75-73-71-69-67-65-63-61-59-57-55-53-51-49-46-43-41-39-37-35-33-31-29-27-25-23-21-19-17-15-13-11-9-7-2/h8-11,14-17,20-23,26-29,33,35,39,41,46,49,53,55,88H,6-7,12-13,18-19,24-25,30-32,34,36-38,40,42-45,47-48,50-52,54,56-87H2,1-5H3/p+1/b10-8-,11-9-,16-14-,17-15-,22-20-,23-21-,28-26-,29-27-,35-33-,41-39-,49-46-,55-53-. The summed E-state index contributed by atoms with van der Waals surface area (Å²) in [6.45, 7) is 4.24. The molecule has 10 heteroatoms. The Hall–Kier alpha value is -4.11. The van der Waals surface area contributed by atoms with Gasteiger partial charge >= 0.3 is 19.8 Å². The zero-order valence-corrected chi connectivity index (χ0v) is 66.5. The number of phosphoric acid groups is 1. The SMILES string of the molecule is CC/C=C\C/C=C\C/C=C\C/C=C\C/C=C\C/C=C\C/C=C\C/C=C\CCCCCCCCCCCCCCC(=O)OC(COC(=O)CCCCCCCCCCCCCCCCCCCCCCCCCCCC/C=C\C/C=C\C/C=C\C/C=C\CC)COP(=O)(O)OCC[N+](C)(C)C. The Morgan fingerprint density at radius 2 is 0.540 bits per heavy atom. The highest BCUT2D eigenvalue weighted by molar-refractivity contribution is 7.47. The second-order valence-corrected chi connectivity index (χ2v) is 30.2. The average molecular weight is 1410 g/mol. The van der Waals surface area contributed by atoms with Crippen molar-refractivity contribution in [2.75, 3.05) is 47.5 Å². The normalized spacial score (nSPS) is 13.8. The van der Waals surface area contributed by atoms with Gasteiger partial charge in [0.2, 0.25) is 0 Å². The summed E-state index contributed by atoms with van der Waals surface area (Å²) in [6.07, 6.45) is 117. The van der Waals surface area contributed by atoms with Gasteiger partial charge in [-0.1, -0.05) is 378 Å². The maximum absolute atomic E-state index is 12.9. The molecule has 0 aromatic carbocycles. The number of carbonyl (C=O) groups is 2. The summed E-state index contributed by atoms with van der Waals surface area (Å²) in [4.78, 5) is 36.0. The van der Waals surface area contributed by atoms with Gasteiger partial charge in [-0.05, 0) is 116 Å². The van der Waals surface area contributed by atoms with E-state index in [2.05, 4.69) is 160 Å². The number of allylic oxidation sites excluding steroid dienone is 24. The van der Waals surface area contributed by atoms with Crippen LogP contribution in [0.25, 0.3) is 0 Å².